The lowest BCUT2D eigenvalue weighted by Crippen LogP contribution is -2.38. The third-order valence-electron chi connectivity index (χ3n) is 7.84. The summed E-state index contributed by atoms with van der Waals surface area (Å²) in [5.74, 6) is 0.245. The molecular formula is C33H37ClFN5O3S. The molecule has 1 aliphatic rings. The van der Waals surface area contributed by atoms with Crippen LogP contribution < -0.4 is 10.6 Å². The smallest absolute Gasteiger partial charge is 0.308 e. The number of hydrogen-bond acceptors (Lipinski definition) is 4. The van der Waals surface area contributed by atoms with Crippen LogP contribution in [0.2, 0.25) is 5.02 Å². The molecule has 4 aromatic rings. The number of aryl methyl sites for hydroxylation is 1. The highest BCUT2D eigenvalue weighted by atomic mass is 35.5. The van der Waals surface area contributed by atoms with Gasteiger partial charge >= 0.3 is 6.03 Å². The summed E-state index contributed by atoms with van der Waals surface area (Å²) in [4.78, 5) is 13.0. The van der Waals surface area contributed by atoms with Gasteiger partial charge in [-0.05, 0) is 80.1 Å². The zero-order chi connectivity index (χ0) is 31.6. The Morgan fingerprint density at radius 3 is 2.25 bits per heavy atom. The van der Waals surface area contributed by atoms with Gasteiger partial charge in [0.15, 0.2) is 0 Å². The van der Waals surface area contributed by atoms with Gasteiger partial charge in [-0.25, -0.2) is 22.3 Å². The molecule has 0 saturated carbocycles. The standard InChI is InChI=1S/C33H37ClFN5O3S/c1-22-5-11-26(12-6-22)40-31(21-30(38-40)33(2,3)4)37-32(41)36-25-9-7-23(8-10-25)19-24-15-17-39(18-16-24)44(42,43)27-13-14-29(35)28(34)20-27/h5-14,20-21,24H,15-19H2,1-4H3,(H2,36,37,41). The molecule has 2 amide bonds. The minimum absolute atomic E-state index is 0.00345. The molecule has 0 spiro atoms. The Hall–Kier alpha value is -3.73. The average molecular weight is 638 g/mol. The van der Waals surface area contributed by atoms with Gasteiger partial charge in [0.1, 0.15) is 11.6 Å². The van der Waals surface area contributed by atoms with Crippen LogP contribution in [0.4, 0.5) is 20.7 Å². The van der Waals surface area contributed by atoms with Crippen LogP contribution in [0.3, 0.4) is 0 Å². The van der Waals surface area contributed by atoms with Gasteiger partial charge in [-0.1, -0.05) is 62.2 Å². The summed E-state index contributed by atoms with van der Waals surface area (Å²) in [7, 11) is -3.73. The van der Waals surface area contributed by atoms with Crippen LogP contribution in [-0.4, -0.2) is 41.6 Å². The third kappa shape index (κ3) is 7.31. The molecule has 3 aromatic carbocycles. The molecule has 44 heavy (non-hydrogen) atoms. The van der Waals surface area contributed by atoms with Crippen LogP contribution in [0.5, 0.6) is 0 Å². The fraction of sp³-hybridized carbons (Fsp3) is 0.333. The number of nitrogens with zero attached hydrogens (tertiary/aromatic N) is 3. The number of piperidine rings is 1. The summed E-state index contributed by atoms with van der Waals surface area (Å²) in [6.45, 7) is 9.03. The van der Waals surface area contributed by atoms with Gasteiger partial charge in [-0.3, -0.25) is 5.32 Å². The monoisotopic (exact) mass is 637 g/mol. The summed E-state index contributed by atoms with van der Waals surface area (Å²) >= 11 is 5.81. The Balaban J connectivity index is 1.17. The molecule has 8 nitrogen and oxygen atoms in total. The molecule has 1 aromatic heterocycles. The Morgan fingerprint density at radius 1 is 0.977 bits per heavy atom. The van der Waals surface area contributed by atoms with Gasteiger partial charge in [0.25, 0.3) is 0 Å². The second-order valence-electron chi connectivity index (χ2n) is 12.3. The van der Waals surface area contributed by atoms with E-state index in [0.29, 0.717) is 43.4 Å². The number of anilines is 2. The lowest BCUT2D eigenvalue weighted by Gasteiger charge is -2.31. The van der Waals surface area contributed by atoms with Crippen LogP contribution >= 0.6 is 11.6 Å². The van der Waals surface area contributed by atoms with Gasteiger partial charge in [-0.15, -0.1) is 0 Å². The zero-order valence-corrected chi connectivity index (χ0v) is 26.8. The number of rotatable bonds is 7. The first-order valence-corrected chi connectivity index (χ1v) is 16.4. The number of carbonyl (C=O) groups excluding carboxylic acids is 1. The van der Waals surface area contributed by atoms with Crippen molar-refractivity contribution in [3.8, 4) is 5.69 Å². The first-order valence-electron chi connectivity index (χ1n) is 14.6. The molecule has 0 atom stereocenters. The van der Waals surface area contributed by atoms with Crippen molar-refractivity contribution in [3.63, 3.8) is 0 Å². The number of carbonyl (C=O) groups is 1. The Bertz CT molecular complexity index is 1740. The number of halogens is 2. The molecule has 0 aliphatic carbocycles. The van der Waals surface area contributed by atoms with Crippen molar-refractivity contribution < 1.29 is 17.6 Å². The van der Waals surface area contributed by atoms with E-state index in [1.165, 1.54) is 10.4 Å². The van der Waals surface area contributed by atoms with E-state index in [1.54, 1.807) is 4.68 Å². The highest BCUT2D eigenvalue weighted by Gasteiger charge is 2.30. The summed E-state index contributed by atoms with van der Waals surface area (Å²) in [5, 5.41) is 10.4. The first kappa shape index (κ1) is 31.7. The van der Waals surface area contributed by atoms with Crippen molar-refractivity contribution in [1.82, 2.24) is 14.1 Å². The maximum atomic E-state index is 13.5. The summed E-state index contributed by atoms with van der Waals surface area (Å²) in [6.07, 6.45) is 2.22. The quantitative estimate of drug-likeness (QED) is 0.219. The second kappa shape index (κ2) is 12.7. The fourth-order valence-corrected chi connectivity index (χ4v) is 6.94. The number of nitrogens with one attached hydrogen (secondary N) is 2. The third-order valence-corrected chi connectivity index (χ3v) is 10.0. The van der Waals surface area contributed by atoms with Gasteiger partial charge in [-0.2, -0.15) is 9.40 Å². The predicted molar refractivity (Wildman–Crippen MR) is 173 cm³/mol. The lowest BCUT2D eigenvalue weighted by molar-refractivity contribution is 0.262. The first-order chi connectivity index (χ1) is 20.8. The van der Waals surface area contributed by atoms with E-state index in [-0.39, 0.29) is 21.4 Å². The average Bonchev–Trinajstić information content (AvgIpc) is 3.40. The number of aromatic nitrogens is 2. The maximum absolute atomic E-state index is 13.5. The highest BCUT2D eigenvalue weighted by Crippen LogP contribution is 2.29. The van der Waals surface area contributed by atoms with Gasteiger partial charge in [0.05, 0.1) is 21.3 Å². The van der Waals surface area contributed by atoms with Crippen molar-refractivity contribution in [1.29, 1.82) is 0 Å². The summed E-state index contributed by atoms with van der Waals surface area (Å²) in [6, 6.07) is 20.7. The molecule has 0 radical (unpaired) electrons. The largest absolute Gasteiger partial charge is 0.324 e. The number of sulfonamides is 1. The minimum Gasteiger partial charge on any atom is -0.308 e. The van der Waals surface area contributed by atoms with E-state index in [2.05, 4.69) is 31.4 Å². The lowest BCUT2D eigenvalue weighted by atomic mass is 9.91. The maximum Gasteiger partial charge on any atom is 0.324 e. The molecule has 1 saturated heterocycles. The molecule has 0 bridgehead atoms. The van der Waals surface area contributed by atoms with E-state index in [0.717, 1.165) is 41.1 Å². The molecule has 232 valence electrons. The zero-order valence-electron chi connectivity index (χ0n) is 25.3. The summed E-state index contributed by atoms with van der Waals surface area (Å²) in [5.41, 5.74) is 4.42. The van der Waals surface area contributed by atoms with Crippen molar-refractivity contribution in [2.75, 3.05) is 23.7 Å². The van der Waals surface area contributed by atoms with E-state index in [4.69, 9.17) is 16.7 Å². The van der Waals surface area contributed by atoms with Crippen molar-refractivity contribution in [3.05, 3.63) is 100 Å². The van der Waals surface area contributed by atoms with E-state index in [1.807, 2.05) is 61.5 Å². The minimum atomic E-state index is -3.73. The number of urea groups is 1. The van der Waals surface area contributed by atoms with Crippen LogP contribution in [-0.2, 0) is 21.9 Å². The topological polar surface area (TPSA) is 96.3 Å². The molecule has 1 fully saturated rings. The van der Waals surface area contributed by atoms with E-state index >= 15 is 0 Å². The van der Waals surface area contributed by atoms with E-state index < -0.39 is 15.8 Å². The van der Waals surface area contributed by atoms with Crippen LogP contribution in [0.1, 0.15) is 50.4 Å². The van der Waals surface area contributed by atoms with Crippen LogP contribution in [0, 0.1) is 18.7 Å². The second-order valence-corrected chi connectivity index (χ2v) is 14.7. The van der Waals surface area contributed by atoms with Crippen molar-refractivity contribution >= 4 is 39.2 Å². The summed E-state index contributed by atoms with van der Waals surface area (Å²) < 4.78 is 42.7. The molecule has 2 heterocycles. The number of hydrogen-bond donors (Lipinski definition) is 2. The van der Waals surface area contributed by atoms with Gasteiger partial charge in [0, 0.05) is 30.3 Å². The normalized spacial score (nSPS) is 14.9. The Labute approximate surface area is 263 Å². The van der Waals surface area contributed by atoms with Crippen molar-refractivity contribution in [2.45, 2.75) is 57.3 Å². The van der Waals surface area contributed by atoms with Crippen LogP contribution in [0.15, 0.2) is 77.7 Å². The molecule has 1 aliphatic heterocycles. The Kier molecular flexibility index (Phi) is 9.15. The molecular weight excluding hydrogens is 601 g/mol. The molecule has 11 heteroatoms. The number of amides is 2. The van der Waals surface area contributed by atoms with Crippen molar-refractivity contribution in [2.24, 2.45) is 5.92 Å². The predicted octanol–water partition coefficient (Wildman–Crippen LogP) is 7.56. The fourth-order valence-electron chi connectivity index (χ4n) is 5.20. The highest BCUT2D eigenvalue weighted by molar-refractivity contribution is 7.89. The molecule has 0 unspecified atom stereocenters. The number of benzene rings is 3. The van der Waals surface area contributed by atoms with Gasteiger partial charge in [0.2, 0.25) is 10.0 Å². The van der Waals surface area contributed by atoms with E-state index in [9.17, 15) is 17.6 Å². The SMILES string of the molecule is Cc1ccc(-n2nc(C(C)(C)C)cc2NC(=O)Nc2ccc(CC3CCN(S(=O)(=O)c4ccc(F)c(Cl)c4)CC3)cc2)cc1. The molecule has 5 rings (SSSR count). The van der Waals surface area contributed by atoms with Gasteiger partial charge < -0.3 is 5.32 Å². The Morgan fingerprint density at radius 2 is 1.64 bits per heavy atom. The molecule has 2 N–H and O–H groups in total. The van der Waals surface area contributed by atoms with Crippen LogP contribution in [0.25, 0.3) is 5.69 Å².